The van der Waals surface area contributed by atoms with Gasteiger partial charge >= 0.3 is 6.61 Å². The first kappa shape index (κ1) is 23.7. The van der Waals surface area contributed by atoms with E-state index < -0.39 is 18.6 Å². The minimum Gasteiger partial charge on any atom is -0.493 e. The van der Waals surface area contributed by atoms with Crippen molar-refractivity contribution in [1.29, 1.82) is 0 Å². The maximum atomic E-state index is 13.0. The second-order valence-electron chi connectivity index (χ2n) is 7.35. The maximum absolute atomic E-state index is 13.0. The number of ether oxygens (including phenoxy) is 2. The number of thiophene rings is 1. The van der Waals surface area contributed by atoms with Gasteiger partial charge in [-0.15, -0.1) is 11.3 Å². The van der Waals surface area contributed by atoms with Gasteiger partial charge < -0.3 is 19.7 Å². The Morgan fingerprint density at radius 1 is 1.28 bits per heavy atom. The average molecular weight is 465 g/mol. The highest BCUT2D eigenvalue weighted by Crippen LogP contribution is 2.30. The molecule has 6 nitrogen and oxygen atoms in total. The van der Waals surface area contributed by atoms with Gasteiger partial charge in [0.2, 0.25) is 11.8 Å². The lowest BCUT2D eigenvalue weighted by Gasteiger charge is -2.30. The first-order valence-corrected chi connectivity index (χ1v) is 11.2. The van der Waals surface area contributed by atoms with Gasteiger partial charge in [0, 0.05) is 24.0 Å². The lowest BCUT2D eigenvalue weighted by Crippen LogP contribution is -2.49. The summed E-state index contributed by atoms with van der Waals surface area (Å²) in [6, 6.07) is 5.81. The SMILES string of the molecule is CCCC(NC(=O)C=Cc1ccc(OC(F)F)c(OC)c1)C(=O)N1CCc2sccc2C1. The predicted molar refractivity (Wildman–Crippen MR) is 119 cm³/mol. The molecule has 0 saturated carbocycles. The summed E-state index contributed by atoms with van der Waals surface area (Å²) in [6.07, 6.45) is 4.96. The van der Waals surface area contributed by atoms with Crippen molar-refractivity contribution in [3.05, 3.63) is 51.7 Å². The van der Waals surface area contributed by atoms with Crippen molar-refractivity contribution in [2.75, 3.05) is 13.7 Å². The summed E-state index contributed by atoms with van der Waals surface area (Å²) in [6.45, 7) is 0.210. The van der Waals surface area contributed by atoms with Gasteiger partial charge in [-0.2, -0.15) is 8.78 Å². The highest BCUT2D eigenvalue weighted by molar-refractivity contribution is 7.10. The number of fused-ring (bicyclic) bond motifs is 1. The molecule has 1 aliphatic rings. The predicted octanol–water partition coefficient (Wildman–Crippen LogP) is 4.24. The van der Waals surface area contributed by atoms with Gasteiger partial charge in [-0.05, 0) is 53.6 Å². The Labute approximate surface area is 189 Å². The van der Waals surface area contributed by atoms with Gasteiger partial charge in [-0.25, -0.2) is 0 Å². The molecule has 1 aromatic carbocycles. The molecule has 0 bridgehead atoms. The van der Waals surface area contributed by atoms with Gasteiger partial charge in [0.15, 0.2) is 11.5 Å². The maximum Gasteiger partial charge on any atom is 0.387 e. The number of hydrogen-bond donors (Lipinski definition) is 1. The molecule has 0 radical (unpaired) electrons. The minimum atomic E-state index is -2.96. The smallest absolute Gasteiger partial charge is 0.387 e. The molecular formula is C23H26F2N2O4S. The van der Waals surface area contributed by atoms with Crippen LogP contribution in [0.5, 0.6) is 11.5 Å². The monoisotopic (exact) mass is 464 g/mol. The molecule has 1 aromatic heterocycles. The molecule has 0 spiro atoms. The van der Waals surface area contributed by atoms with E-state index in [-0.39, 0.29) is 17.4 Å². The van der Waals surface area contributed by atoms with Crippen LogP contribution in [0.4, 0.5) is 8.78 Å². The summed E-state index contributed by atoms with van der Waals surface area (Å²) in [5.74, 6) is -0.449. The Morgan fingerprint density at radius 2 is 2.09 bits per heavy atom. The van der Waals surface area contributed by atoms with E-state index in [1.165, 1.54) is 47.9 Å². The second-order valence-corrected chi connectivity index (χ2v) is 8.35. The third-order valence-corrected chi connectivity index (χ3v) is 6.17. The van der Waals surface area contributed by atoms with Crippen molar-refractivity contribution in [2.24, 2.45) is 0 Å². The molecule has 2 heterocycles. The number of nitrogens with zero attached hydrogens (tertiary/aromatic N) is 1. The zero-order chi connectivity index (χ0) is 23.1. The highest BCUT2D eigenvalue weighted by atomic mass is 32.1. The van der Waals surface area contributed by atoms with Crippen LogP contribution in [0.15, 0.2) is 35.7 Å². The molecule has 1 aliphatic heterocycles. The fraction of sp³-hybridized carbons (Fsp3) is 0.391. The summed E-state index contributed by atoms with van der Waals surface area (Å²) < 4.78 is 34.4. The molecule has 9 heteroatoms. The molecule has 0 aliphatic carbocycles. The van der Waals surface area contributed by atoms with Crippen LogP contribution in [0.3, 0.4) is 0 Å². The van der Waals surface area contributed by atoms with Gasteiger partial charge in [0.1, 0.15) is 6.04 Å². The van der Waals surface area contributed by atoms with Crippen molar-refractivity contribution >= 4 is 29.2 Å². The summed E-state index contributed by atoms with van der Waals surface area (Å²) in [5, 5.41) is 4.84. The van der Waals surface area contributed by atoms with Gasteiger partial charge in [0.05, 0.1) is 7.11 Å². The number of alkyl halides is 2. The zero-order valence-electron chi connectivity index (χ0n) is 18.0. The third kappa shape index (κ3) is 6.06. The van der Waals surface area contributed by atoms with E-state index in [2.05, 4.69) is 10.1 Å². The number of nitrogens with one attached hydrogen (secondary N) is 1. The van der Waals surface area contributed by atoms with Crippen molar-refractivity contribution in [3.8, 4) is 11.5 Å². The lowest BCUT2D eigenvalue weighted by atomic mass is 10.1. The fourth-order valence-electron chi connectivity index (χ4n) is 3.58. The van der Waals surface area contributed by atoms with Gasteiger partial charge in [-0.3, -0.25) is 9.59 Å². The topological polar surface area (TPSA) is 67.9 Å². The van der Waals surface area contributed by atoms with Crippen LogP contribution in [-0.2, 0) is 22.6 Å². The van der Waals surface area contributed by atoms with E-state index >= 15 is 0 Å². The van der Waals surface area contributed by atoms with Crippen molar-refractivity contribution in [3.63, 3.8) is 0 Å². The van der Waals surface area contributed by atoms with Gasteiger partial charge in [-0.1, -0.05) is 19.4 Å². The molecule has 0 saturated heterocycles. The van der Waals surface area contributed by atoms with Crippen LogP contribution >= 0.6 is 11.3 Å². The van der Waals surface area contributed by atoms with Crippen molar-refractivity contribution in [1.82, 2.24) is 10.2 Å². The molecule has 1 unspecified atom stereocenters. The lowest BCUT2D eigenvalue weighted by molar-refractivity contribution is -0.136. The van der Waals surface area contributed by atoms with Crippen LogP contribution in [-0.4, -0.2) is 43.0 Å². The van der Waals surface area contributed by atoms with E-state index in [4.69, 9.17) is 4.74 Å². The first-order valence-electron chi connectivity index (χ1n) is 10.4. The number of carbonyl (C=O) groups is 2. The molecule has 2 amide bonds. The van der Waals surface area contributed by atoms with E-state index in [1.807, 2.05) is 18.4 Å². The number of amides is 2. The third-order valence-electron chi connectivity index (χ3n) is 5.14. The largest absolute Gasteiger partial charge is 0.493 e. The quantitative estimate of drug-likeness (QED) is 0.564. The Bertz CT molecular complexity index is 977. The minimum absolute atomic E-state index is 0.0828. The van der Waals surface area contributed by atoms with Crippen LogP contribution in [0.1, 0.15) is 35.8 Å². The summed E-state index contributed by atoms with van der Waals surface area (Å²) >= 11 is 1.71. The average Bonchev–Trinajstić information content (AvgIpc) is 3.25. The van der Waals surface area contributed by atoms with Crippen LogP contribution in [0.25, 0.3) is 6.08 Å². The van der Waals surface area contributed by atoms with Gasteiger partial charge in [0.25, 0.3) is 0 Å². The van der Waals surface area contributed by atoms with Crippen LogP contribution in [0, 0.1) is 0 Å². The number of halogens is 2. The first-order chi connectivity index (χ1) is 15.4. The van der Waals surface area contributed by atoms with E-state index in [1.54, 1.807) is 16.2 Å². The molecule has 3 rings (SSSR count). The molecule has 0 fully saturated rings. The Hall–Kier alpha value is -2.94. The van der Waals surface area contributed by atoms with Crippen LogP contribution in [0.2, 0.25) is 0 Å². The Morgan fingerprint density at radius 3 is 2.81 bits per heavy atom. The normalized spacial score (nSPS) is 14.3. The summed E-state index contributed by atoms with van der Waals surface area (Å²) in [5.41, 5.74) is 1.74. The fourth-order valence-corrected chi connectivity index (χ4v) is 4.47. The molecule has 1 N–H and O–H groups in total. The van der Waals surface area contributed by atoms with E-state index in [0.29, 0.717) is 25.1 Å². The Kier molecular flexibility index (Phi) is 8.21. The molecule has 32 heavy (non-hydrogen) atoms. The number of carbonyl (C=O) groups excluding carboxylic acids is 2. The van der Waals surface area contributed by atoms with E-state index in [9.17, 15) is 18.4 Å². The molecule has 1 atom stereocenters. The second kappa shape index (κ2) is 11.1. The van der Waals surface area contributed by atoms with E-state index in [0.717, 1.165) is 12.8 Å². The molecule has 172 valence electrons. The van der Waals surface area contributed by atoms with Crippen LogP contribution < -0.4 is 14.8 Å². The number of benzene rings is 1. The number of methoxy groups -OCH3 is 1. The summed E-state index contributed by atoms with van der Waals surface area (Å²) in [4.78, 5) is 28.6. The van der Waals surface area contributed by atoms with Crippen molar-refractivity contribution in [2.45, 2.75) is 45.4 Å². The van der Waals surface area contributed by atoms with Crippen molar-refractivity contribution < 1.29 is 27.8 Å². The number of rotatable bonds is 9. The summed E-state index contributed by atoms with van der Waals surface area (Å²) in [7, 11) is 1.34. The Balaban J connectivity index is 1.63. The zero-order valence-corrected chi connectivity index (χ0v) is 18.8. The number of hydrogen-bond acceptors (Lipinski definition) is 5. The molecular weight excluding hydrogens is 438 g/mol. The highest BCUT2D eigenvalue weighted by Gasteiger charge is 2.28. The molecule has 2 aromatic rings. The standard InChI is InChI=1S/C23H26F2N2O4S/c1-3-4-17(22(29)27-11-9-20-16(14-27)10-12-32-20)26-21(28)8-6-15-5-7-18(31-23(24)25)19(13-15)30-2/h5-8,10,12-13,17,23H,3-4,9,11,14H2,1-2H3,(H,26,28).